The Balaban J connectivity index is 2.02. The van der Waals surface area contributed by atoms with E-state index >= 15 is 0 Å². The monoisotopic (exact) mass is 289 g/mol. The molecule has 2 heterocycles. The average molecular weight is 289 g/mol. The van der Waals surface area contributed by atoms with Gasteiger partial charge in [0.15, 0.2) is 0 Å². The number of carbonyl (C=O) groups excluding carboxylic acids is 1. The number of benzene rings is 2. The smallest absolute Gasteiger partial charge is 0.228 e. The number of amides is 1. The van der Waals surface area contributed by atoms with Gasteiger partial charge in [0, 0.05) is 11.1 Å². The van der Waals surface area contributed by atoms with E-state index in [4.69, 9.17) is 0 Å². The average Bonchev–Trinajstić information content (AvgIpc) is 2.85. The number of para-hydroxylation sites is 2. The Kier molecular flexibility index (Phi) is 2.82. The van der Waals surface area contributed by atoms with Gasteiger partial charge in [-0.3, -0.25) is 4.79 Å². The molecule has 0 unspecified atom stereocenters. The third-order valence-corrected chi connectivity index (χ3v) is 4.00. The maximum atomic E-state index is 12.1. The summed E-state index contributed by atoms with van der Waals surface area (Å²) in [6, 6.07) is 16.0. The molecule has 0 fully saturated rings. The summed E-state index contributed by atoms with van der Waals surface area (Å²) in [5.41, 5.74) is 5.96. The van der Waals surface area contributed by atoms with Gasteiger partial charge in [-0.1, -0.05) is 36.4 Å². The molecule has 2 aromatic carbocycles. The van der Waals surface area contributed by atoms with E-state index in [1.807, 2.05) is 47.1 Å². The minimum absolute atomic E-state index is 0.00414. The van der Waals surface area contributed by atoms with Crippen LogP contribution in [0.2, 0.25) is 0 Å². The van der Waals surface area contributed by atoms with Crippen molar-refractivity contribution >= 4 is 11.6 Å². The van der Waals surface area contributed by atoms with E-state index in [0.717, 1.165) is 33.8 Å². The van der Waals surface area contributed by atoms with Crippen molar-refractivity contribution in [2.24, 2.45) is 0 Å². The number of carbonyl (C=O) groups is 1. The predicted octanol–water partition coefficient (Wildman–Crippen LogP) is 3.34. The highest BCUT2D eigenvalue weighted by Crippen LogP contribution is 2.35. The van der Waals surface area contributed by atoms with E-state index < -0.39 is 0 Å². The van der Waals surface area contributed by atoms with Crippen molar-refractivity contribution in [3.63, 3.8) is 0 Å². The lowest BCUT2D eigenvalue weighted by molar-refractivity contribution is -0.115. The maximum Gasteiger partial charge on any atom is 0.228 e. The third kappa shape index (κ3) is 1.92. The number of nitrogens with one attached hydrogen (secondary N) is 1. The van der Waals surface area contributed by atoms with Crippen LogP contribution in [0.25, 0.3) is 16.9 Å². The third-order valence-electron chi connectivity index (χ3n) is 4.00. The van der Waals surface area contributed by atoms with E-state index in [0.29, 0.717) is 6.42 Å². The van der Waals surface area contributed by atoms with Gasteiger partial charge in [-0.05, 0) is 24.6 Å². The van der Waals surface area contributed by atoms with Gasteiger partial charge < -0.3 is 5.32 Å². The first-order valence-electron chi connectivity index (χ1n) is 7.26. The summed E-state index contributed by atoms with van der Waals surface area (Å²) in [4.78, 5) is 12.1. The topological polar surface area (TPSA) is 46.9 Å². The molecule has 0 saturated carbocycles. The van der Waals surface area contributed by atoms with Crippen molar-refractivity contribution in [2.75, 3.05) is 5.32 Å². The molecule has 0 aliphatic carbocycles. The van der Waals surface area contributed by atoms with E-state index in [2.05, 4.69) is 23.4 Å². The molecule has 0 radical (unpaired) electrons. The van der Waals surface area contributed by atoms with Crippen LogP contribution in [-0.4, -0.2) is 15.7 Å². The lowest BCUT2D eigenvalue weighted by Gasteiger charge is -2.12. The minimum Gasteiger partial charge on any atom is -0.325 e. The van der Waals surface area contributed by atoms with Gasteiger partial charge in [0.2, 0.25) is 5.91 Å². The molecule has 1 aliphatic rings. The zero-order valence-corrected chi connectivity index (χ0v) is 12.2. The van der Waals surface area contributed by atoms with Crippen LogP contribution in [0.5, 0.6) is 0 Å². The molecule has 0 atom stereocenters. The highest BCUT2D eigenvalue weighted by atomic mass is 16.1. The van der Waals surface area contributed by atoms with Crippen LogP contribution in [-0.2, 0) is 11.2 Å². The molecule has 4 nitrogen and oxygen atoms in total. The van der Waals surface area contributed by atoms with Crippen molar-refractivity contribution in [1.29, 1.82) is 0 Å². The van der Waals surface area contributed by atoms with E-state index in [9.17, 15) is 4.79 Å². The van der Waals surface area contributed by atoms with Crippen molar-refractivity contribution in [3.8, 4) is 16.9 Å². The van der Waals surface area contributed by atoms with Gasteiger partial charge in [0.25, 0.3) is 0 Å². The Labute approximate surface area is 128 Å². The fourth-order valence-electron chi connectivity index (χ4n) is 2.95. The molecule has 4 heteroatoms. The van der Waals surface area contributed by atoms with Gasteiger partial charge >= 0.3 is 0 Å². The molecule has 1 N–H and O–H groups in total. The lowest BCUT2D eigenvalue weighted by Crippen LogP contribution is -2.12. The second-order valence-electron chi connectivity index (χ2n) is 5.49. The summed E-state index contributed by atoms with van der Waals surface area (Å²) >= 11 is 0. The summed E-state index contributed by atoms with van der Waals surface area (Å²) < 4.78 is 1.93. The maximum absolute atomic E-state index is 12.1. The Hall–Kier alpha value is -2.88. The molecule has 108 valence electrons. The van der Waals surface area contributed by atoms with Crippen molar-refractivity contribution in [1.82, 2.24) is 9.78 Å². The minimum atomic E-state index is -0.00414. The first-order chi connectivity index (χ1) is 10.7. The molecule has 0 spiro atoms. The van der Waals surface area contributed by atoms with Gasteiger partial charge in [-0.2, -0.15) is 5.10 Å². The number of anilines is 1. The van der Waals surface area contributed by atoms with Crippen LogP contribution >= 0.6 is 0 Å². The fraction of sp³-hybridized carbons (Fsp3) is 0.111. The molecule has 1 aliphatic heterocycles. The molecule has 3 aromatic rings. The molecular formula is C18H15N3O. The lowest BCUT2D eigenvalue weighted by atomic mass is 10.1. The normalized spacial score (nSPS) is 13.0. The van der Waals surface area contributed by atoms with Crippen molar-refractivity contribution in [3.05, 3.63) is 65.9 Å². The highest BCUT2D eigenvalue weighted by Gasteiger charge is 2.23. The van der Waals surface area contributed by atoms with Crippen molar-refractivity contribution < 1.29 is 4.79 Å². The summed E-state index contributed by atoms with van der Waals surface area (Å²) in [7, 11) is 0. The zero-order valence-electron chi connectivity index (χ0n) is 12.2. The number of fused-ring (bicyclic) bond motifs is 3. The van der Waals surface area contributed by atoms with Crippen LogP contribution in [0.3, 0.4) is 0 Å². The van der Waals surface area contributed by atoms with Crippen LogP contribution in [0, 0.1) is 6.92 Å². The largest absolute Gasteiger partial charge is 0.325 e. The van der Waals surface area contributed by atoms with Gasteiger partial charge in [0.05, 0.1) is 29.7 Å². The van der Waals surface area contributed by atoms with Crippen LogP contribution in [0.4, 0.5) is 5.69 Å². The molecule has 4 rings (SSSR count). The van der Waals surface area contributed by atoms with Crippen molar-refractivity contribution in [2.45, 2.75) is 13.3 Å². The van der Waals surface area contributed by atoms with Crippen LogP contribution < -0.4 is 5.32 Å². The van der Waals surface area contributed by atoms with Gasteiger partial charge in [-0.25, -0.2) is 4.68 Å². The molecule has 1 aromatic heterocycles. The molecule has 22 heavy (non-hydrogen) atoms. The summed E-state index contributed by atoms with van der Waals surface area (Å²) in [6.45, 7) is 2.06. The number of rotatable bonds is 1. The Morgan fingerprint density at radius 2 is 1.86 bits per heavy atom. The summed E-state index contributed by atoms with van der Waals surface area (Å²) in [5, 5.41) is 7.51. The standard InChI is InChI=1S/C18H15N3O/c1-12-6-2-5-9-16(12)21-18-13(11-19-21)10-17(22)20-15-8-4-3-7-14(15)18/h2-9,11H,10H2,1H3,(H,20,22). The second-order valence-corrected chi connectivity index (χ2v) is 5.49. The molecular weight excluding hydrogens is 274 g/mol. The first-order valence-corrected chi connectivity index (χ1v) is 7.26. The number of nitrogens with zero attached hydrogens (tertiary/aromatic N) is 2. The number of hydrogen-bond acceptors (Lipinski definition) is 2. The Morgan fingerprint density at radius 3 is 2.73 bits per heavy atom. The van der Waals surface area contributed by atoms with Gasteiger partial charge in [0.1, 0.15) is 0 Å². The highest BCUT2D eigenvalue weighted by molar-refractivity contribution is 6.00. The molecule has 0 bridgehead atoms. The van der Waals surface area contributed by atoms with E-state index in [-0.39, 0.29) is 5.91 Å². The predicted molar refractivity (Wildman–Crippen MR) is 86.1 cm³/mol. The number of aryl methyl sites for hydroxylation is 1. The Bertz CT molecular complexity index is 880. The zero-order chi connectivity index (χ0) is 15.1. The van der Waals surface area contributed by atoms with Gasteiger partial charge in [-0.15, -0.1) is 0 Å². The molecule has 1 amide bonds. The second kappa shape index (κ2) is 4.84. The Morgan fingerprint density at radius 1 is 1.09 bits per heavy atom. The van der Waals surface area contributed by atoms with E-state index in [1.54, 1.807) is 6.20 Å². The first kappa shape index (κ1) is 12.8. The number of hydrogen-bond donors (Lipinski definition) is 1. The molecule has 0 saturated heterocycles. The summed E-state index contributed by atoms with van der Waals surface area (Å²) in [6.07, 6.45) is 2.14. The SMILES string of the molecule is Cc1ccccc1-n1ncc2c1-c1ccccc1NC(=O)C2. The van der Waals surface area contributed by atoms with Crippen LogP contribution in [0.1, 0.15) is 11.1 Å². The van der Waals surface area contributed by atoms with E-state index in [1.165, 1.54) is 0 Å². The fourth-order valence-corrected chi connectivity index (χ4v) is 2.95. The number of aromatic nitrogens is 2. The quantitative estimate of drug-likeness (QED) is 0.747. The van der Waals surface area contributed by atoms with Crippen LogP contribution in [0.15, 0.2) is 54.7 Å². The summed E-state index contributed by atoms with van der Waals surface area (Å²) in [5.74, 6) is -0.00414.